The van der Waals surface area contributed by atoms with Crippen LogP contribution in [0.5, 0.6) is 11.8 Å². The summed E-state index contributed by atoms with van der Waals surface area (Å²) in [4.78, 5) is 8.11. The van der Waals surface area contributed by atoms with Gasteiger partial charge in [0.2, 0.25) is 0 Å². The normalized spacial score (nSPS) is 10.4. The molecular weight excluding hydrogens is 352 g/mol. The number of aromatic nitrogens is 2. The third-order valence-corrected chi connectivity index (χ3v) is 3.54. The standard InChI is InChI=1S/C16H10BrClN2O/c17-13-9-19-16(20-10-13)21-15-7-6-12(8-14(15)18)11-4-2-1-3-5-11/h1-10H. The quantitative estimate of drug-likeness (QED) is 0.630. The Morgan fingerprint density at radius 2 is 1.62 bits per heavy atom. The fourth-order valence-electron chi connectivity index (χ4n) is 1.85. The Labute approximate surface area is 135 Å². The molecule has 0 radical (unpaired) electrons. The number of hydrogen-bond acceptors (Lipinski definition) is 3. The minimum Gasteiger partial charge on any atom is -0.423 e. The molecule has 1 aromatic heterocycles. The van der Waals surface area contributed by atoms with Gasteiger partial charge in [0.25, 0.3) is 0 Å². The lowest BCUT2D eigenvalue weighted by atomic mass is 10.1. The van der Waals surface area contributed by atoms with Crippen LogP contribution in [0.1, 0.15) is 0 Å². The lowest BCUT2D eigenvalue weighted by molar-refractivity contribution is 0.441. The molecule has 0 spiro atoms. The van der Waals surface area contributed by atoms with Crippen LogP contribution < -0.4 is 4.74 Å². The molecule has 3 nitrogen and oxygen atoms in total. The molecule has 0 fully saturated rings. The molecule has 0 aliphatic carbocycles. The van der Waals surface area contributed by atoms with E-state index in [0.29, 0.717) is 10.8 Å². The number of hydrogen-bond donors (Lipinski definition) is 0. The van der Waals surface area contributed by atoms with E-state index >= 15 is 0 Å². The van der Waals surface area contributed by atoms with Gasteiger partial charge in [0.1, 0.15) is 5.75 Å². The predicted molar refractivity (Wildman–Crippen MR) is 86.7 cm³/mol. The fourth-order valence-corrected chi connectivity index (χ4v) is 2.27. The van der Waals surface area contributed by atoms with Crippen molar-refractivity contribution in [1.82, 2.24) is 9.97 Å². The predicted octanol–water partition coefficient (Wildman–Crippen LogP) is 5.35. The van der Waals surface area contributed by atoms with Crippen molar-refractivity contribution in [1.29, 1.82) is 0 Å². The summed E-state index contributed by atoms with van der Waals surface area (Å²) < 4.78 is 6.37. The molecule has 3 aromatic rings. The van der Waals surface area contributed by atoms with Crippen molar-refractivity contribution < 1.29 is 4.74 Å². The van der Waals surface area contributed by atoms with Crippen molar-refractivity contribution in [2.75, 3.05) is 0 Å². The zero-order valence-corrected chi connectivity index (χ0v) is 13.2. The maximum Gasteiger partial charge on any atom is 0.321 e. The summed E-state index contributed by atoms with van der Waals surface area (Å²) in [6.07, 6.45) is 3.24. The van der Waals surface area contributed by atoms with E-state index in [-0.39, 0.29) is 6.01 Å². The maximum absolute atomic E-state index is 6.27. The van der Waals surface area contributed by atoms with Crippen molar-refractivity contribution in [2.24, 2.45) is 0 Å². The van der Waals surface area contributed by atoms with Gasteiger partial charge in [0, 0.05) is 12.4 Å². The summed E-state index contributed by atoms with van der Waals surface area (Å²) in [5.74, 6) is 0.527. The number of benzene rings is 2. The Morgan fingerprint density at radius 3 is 2.29 bits per heavy atom. The van der Waals surface area contributed by atoms with Crippen LogP contribution in [-0.4, -0.2) is 9.97 Å². The minimum atomic E-state index is 0.257. The van der Waals surface area contributed by atoms with Gasteiger partial charge >= 0.3 is 6.01 Å². The zero-order chi connectivity index (χ0) is 14.7. The molecule has 5 heteroatoms. The van der Waals surface area contributed by atoms with Gasteiger partial charge in [0.15, 0.2) is 0 Å². The Hall–Kier alpha value is -1.91. The van der Waals surface area contributed by atoms with E-state index in [9.17, 15) is 0 Å². The first-order valence-electron chi connectivity index (χ1n) is 6.23. The molecule has 0 aliphatic rings. The molecule has 2 aromatic carbocycles. The smallest absolute Gasteiger partial charge is 0.321 e. The van der Waals surface area contributed by atoms with E-state index in [1.165, 1.54) is 0 Å². The second kappa shape index (κ2) is 6.24. The molecule has 0 amide bonds. The first kappa shape index (κ1) is 14.0. The third-order valence-electron chi connectivity index (χ3n) is 2.84. The second-order valence-corrected chi connectivity index (χ2v) is 5.62. The summed E-state index contributed by atoms with van der Waals surface area (Å²) >= 11 is 9.54. The first-order chi connectivity index (χ1) is 10.2. The highest BCUT2D eigenvalue weighted by Gasteiger charge is 2.07. The monoisotopic (exact) mass is 360 g/mol. The van der Waals surface area contributed by atoms with Crippen molar-refractivity contribution in [2.45, 2.75) is 0 Å². The van der Waals surface area contributed by atoms with E-state index in [0.717, 1.165) is 15.6 Å². The Balaban J connectivity index is 1.86. The highest BCUT2D eigenvalue weighted by Crippen LogP contribution is 2.32. The van der Waals surface area contributed by atoms with E-state index in [1.807, 2.05) is 48.5 Å². The van der Waals surface area contributed by atoms with Gasteiger partial charge in [0.05, 0.1) is 9.50 Å². The van der Waals surface area contributed by atoms with Gasteiger partial charge in [-0.3, -0.25) is 0 Å². The van der Waals surface area contributed by atoms with E-state index in [1.54, 1.807) is 12.4 Å². The Morgan fingerprint density at radius 1 is 0.905 bits per heavy atom. The SMILES string of the molecule is Clc1cc(-c2ccccc2)ccc1Oc1ncc(Br)cn1. The summed E-state index contributed by atoms with van der Waals surface area (Å²) in [5.41, 5.74) is 2.13. The Bertz CT molecular complexity index is 748. The van der Waals surface area contributed by atoms with E-state index in [2.05, 4.69) is 25.9 Å². The molecule has 0 unspecified atom stereocenters. The van der Waals surface area contributed by atoms with Crippen LogP contribution in [0.4, 0.5) is 0 Å². The molecule has 0 aliphatic heterocycles. The van der Waals surface area contributed by atoms with Crippen molar-refractivity contribution >= 4 is 27.5 Å². The van der Waals surface area contributed by atoms with Gasteiger partial charge in [-0.25, -0.2) is 9.97 Å². The summed E-state index contributed by atoms with van der Waals surface area (Å²) in [5, 5.41) is 0.517. The maximum atomic E-state index is 6.27. The average Bonchev–Trinajstić information content (AvgIpc) is 2.52. The molecule has 3 rings (SSSR count). The van der Waals surface area contributed by atoms with Crippen LogP contribution in [-0.2, 0) is 0 Å². The number of nitrogens with zero attached hydrogens (tertiary/aromatic N) is 2. The summed E-state index contributed by atoms with van der Waals surface area (Å²) in [7, 11) is 0. The molecular formula is C16H10BrClN2O. The topological polar surface area (TPSA) is 35.0 Å². The van der Waals surface area contributed by atoms with Crippen LogP contribution in [0.2, 0.25) is 5.02 Å². The van der Waals surface area contributed by atoms with Crippen molar-refractivity contribution in [3.8, 4) is 22.9 Å². The van der Waals surface area contributed by atoms with Crippen LogP contribution in [0.15, 0.2) is 65.4 Å². The van der Waals surface area contributed by atoms with Crippen LogP contribution in [0.3, 0.4) is 0 Å². The van der Waals surface area contributed by atoms with Gasteiger partial charge in [-0.05, 0) is 39.2 Å². The third kappa shape index (κ3) is 3.40. The van der Waals surface area contributed by atoms with Crippen LogP contribution >= 0.6 is 27.5 Å². The molecule has 0 N–H and O–H groups in total. The minimum absolute atomic E-state index is 0.257. The number of rotatable bonds is 3. The van der Waals surface area contributed by atoms with Gasteiger partial charge < -0.3 is 4.74 Å². The van der Waals surface area contributed by atoms with Gasteiger partial charge in [-0.2, -0.15) is 0 Å². The highest BCUT2D eigenvalue weighted by molar-refractivity contribution is 9.10. The summed E-state index contributed by atoms with van der Waals surface area (Å²) in [6, 6.07) is 15.9. The largest absolute Gasteiger partial charge is 0.423 e. The molecule has 104 valence electrons. The first-order valence-corrected chi connectivity index (χ1v) is 7.40. The molecule has 0 saturated carbocycles. The van der Waals surface area contributed by atoms with Crippen LogP contribution in [0, 0.1) is 0 Å². The molecule has 1 heterocycles. The number of ether oxygens (including phenoxy) is 1. The van der Waals surface area contributed by atoms with E-state index < -0.39 is 0 Å². The van der Waals surface area contributed by atoms with Crippen molar-refractivity contribution in [3.05, 3.63) is 70.4 Å². The zero-order valence-electron chi connectivity index (χ0n) is 10.8. The second-order valence-electron chi connectivity index (χ2n) is 4.30. The number of halogens is 2. The Kier molecular flexibility index (Phi) is 4.18. The lowest BCUT2D eigenvalue weighted by Gasteiger charge is -2.08. The lowest BCUT2D eigenvalue weighted by Crippen LogP contribution is -1.91. The molecule has 0 bridgehead atoms. The molecule has 0 atom stereocenters. The van der Waals surface area contributed by atoms with E-state index in [4.69, 9.17) is 16.3 Å². The molecule has 21 heavy (non-hydrogen) atoms. The average molecular weight is 362 g/mol. The van der Waals surface area contributed by atoms with Crippen molar-refractivity contribution in [3.63, 3.8) is 0 Å². The van der Waals surface area contributed by atoms with Gasteiger partial charge in [-0.15, -0.1) is 0 Å². The summed E-state index contributed by atoms with van der Waals surface area (Å²) in [6.45, 7) is 0. The van der Waals surface area contributed by atoms with Gasteiger partial charge in [-0.1, -0.05) is 48.0 Å². The highest BCUT2D eigenvalue weighted by atomic mass is 79.9. The van der Waals surface area contributed by atoms with Crippen LogP contribution in [0.25, 0.3) is 11.1 Å². The fraction of sp³-hybridized carbons (Fsp3) is 0. The molecule has 0 saturated heterocycles.